The van der Waals surface area contributed by atoms with E-state index in [-0.39, 0.29) is 24.2 Å². The number of nitrogens with one attached hydrogen (secondary N) is 1. The van der Waals surface area contributed by atoms with Crippen molar-refractivity contribution in [3.05, 3.63) is 29.8 Å². The van der Waals surface area contributed by atoms with Crippen molar-refractivity contribution in [1.29, 1.82) is 0 Å². The molecule has 0 spiro atoms. The second-order valence-electron chi connectivity index (χ2n) is 6.87. The number of carboxylic acid groups (broad SMARTS) is 1. The van der Waals surface area contributed by atoms with Gasteiger partial charge in [0.1, 0.15) is 6.04 Å². The third-order valence-electron chi connectivity index (χ3n) is 4.29. The summed E-state index contributed by atoms with van der Waals surface area (Å²) in [6, 6.07) is 6.60. The van der Waals surface area contributed by atoms with Gasteiger partial charge >= 0.3 is 5.97 Å². The number of amides is 2. The van der Waals surface area contributed by atoms with Gasteiger partial charge in [-0.15, -0.1) is 0 Å². The molecule has 1 aromatic carbocycles. The van der Waals surface area contributed by atoms with Crippen LogP contribution < -0.4 is 10.2 Å². The molecule has 1 atom stereocenters. The summed E-state index contributed by atoms with van der Waals surface area (Å²) in [5.74, 6) is -0.830. The molecule has 0 aromatic heterocycles. The molecule has 1 unspecified atom stereocenters. The van der Waals surface area contributed by atoms with Crippen molar-refractivity contribution in [2.75, 3.05) is 11.4 Å². The number of anilines is 1. The number of fused-ring (bicyclic) bond motifs is 1. The van der Waals surface area contributed by atoms with E-state index in [4.69, 9.17) is 5.11 Å². The molecule has 0 fully saturated rings. The Morgan fingerprint density at radius 3 is 2.60 bits per heavy atom. The fraction of sp³-hybridized carbons (Fsp3) is 0.526. The van der Waals surface area contributed by atoms with Crippen LogP contribution in [0.25, 0.3) is 0 Å². The Labute approximate surface area is 148 Å². The Kier molecular flexibility index (Phi) is 6.56. The van der Waals surface area contributed by atoms with Gasteiger partial charge in [0.2, 0.25) is 5.91 Å². The van der Waals surface area contributed by atoms with E-state index >= 15 is 0 Å². The first-order valence-electron chi connectivity index (χ1n) is 8.83. The first-order chi connectivity index (χ1) is 11.9. The highest BCUT2D eigenvalue weighted by Gasteiger charge is 2.33. The monoisotopic (exact) mass is 346 g/mol. The average molecular weight is 346 g/mol. The Balaban J connectivity index is 2.16. The number of carboxylic acids is 1. The molecule has 6 heteroatoms. The summed E-state index contributed by atoms with van der Waals surface area (Å²) in [5, 5.41) is 11.6. The molecule has 1 aliphatic rings. The summed E-state index contributed by atoms with van der Waals surface area (Å²) in [4.78, 5) is 37.7. The largest absolute Gasteiger partial charge is 0.481 e. The van der Waals surface area contributed by atoms with Gasteiger partial charge < -0.3 is 15.3 Å². The van der Waals surface area contributed by atoms with Crippen LogP contribution in [-0.2, 0) is 9.59 Å². The summed E-state index contributed by atoms with van der Waals surface area (Å²) in [7, 11) is 0. The van der Waals surface area contributed by atoms with E-state index in [0.717, 1.165) is 6.42 Å². The first kappa shape index (κ1) is 19.0. The van der Waals surface area contributed by atoms with Gasteiger partial charge in [-0.05, 0) is 37.3 Å². The predicted molar refractivity (Wildman–Crippen MR) is 95.6 cm³/mol. The van der Waals surface area contributed by atoms with Gasteiger partial charge in [-0.3, -0.25) is 14.4 Å². The van der Waals surface area contributed by atoms with Gasteiger partial charge in [0.05, 0.1) is 11.3 Å². The van der Waals surface area contributed by atoms with Crippen LogP contribution in [-0.4, -0.2) is 35.5 Å². The van der Waals surface area contributed by atoms with E-state index in [1.807, 2.05) is 19.9 Å². The van der Waals surface area contributed by atoms with Crippen LogP contribution in [0.2, 0.25) is 0 Å². The highest BCUT2D eigenvalue weighted by molar-refractivity contribution is 6.10. The lowest BCUT2D eigenvalue weighted by Gasteiger charge is -2.26. The minimum absolute atomic E-state index is 0.0924. The highest BCUT2D eigenvalue weighted by Crippen LogP contribution is 2.26. The predicted octanol–water partition coefficient (Wildman–Crippen LogP) is 2.82. The minimum Gasteiger partial charge on any atom is -0.481 e. The second-order valence-corrected chi connectivity index (χ2v) is 6.87. The second kappa shape index (κ2) is 8.65. The fourth-order valence-corrected chi connectivity index (χ4v) is 3.09. The minimum atomic E-state index is -0.803. The molecule has 2 N–H and O–H groups in total. The molecule has 1 heterocycles. The lowest BCUT2D eigenvalue weighted by molar-refractivity contribution is -0.137. The zero-order valence-electron chi connectivity index (χ0n) is 14.8. The van der Waals surface area contributed by atoms with E-state index in [1.165, 1.54) is 0 Å². The molecule has 136 valence electrons. The summed E-state index contributed by atoms with van der Waals surface area (Å²) in [5.41, 5.74) is 1.14. The van der Waals surface area contributed by atoms with Gasteiger partial charge in [0.25, 0.3) is 5.91 Å². The van der Waals surface area contributed by atoms with Crippen molar-refractivity contribution in [2.24, 2.45) is 5.92 Å². The van der Waals surface area contributed by atoms with Crippen LogP contribution in [0.15, 0.2) is 24.3 Å². The lowest BCUT2D eigenvalue weighted by Crippen LogP contribution is -2.46. The molecule has 0 radical (unpaired) electrons. The number of hydrogen-bond acceptors (Lipinski definition) is 3. The third-order valence-corrected chi connectivity index (χ3v) is 4.29. The van der Waals surface area contributed by atoms with Gasteiger partial charge in [-0.1, -0.05) is 32.4 Å². The number of unbranched alkanes of at least 4 members (excludes halogenated alkanes) is 2. The Morgan fingerprint density at radius 2 is 1.92 bits per heavy atom. The topological polar surface area (TPSA) is 86.7 Å². The number of carbonyl (C=O) groups excluding carboxylic acids is 2. The quantitative estimate of drug-likeness (QED) is 0.709. The molecular formula is C19H26N2O4. The number of aliphatic carboxylic acids is 1. The van der Waals surface area contributed by atoms with E-state index in [1.54, 1.807) is 23.1 Å². The maximum atomic E-state index is 13.0. The van der Waals surface area contributed by atoms with Gasteiger partial charge in [0, 0.05) is 13.0 Å². The smallest absolute Gasteiger partial charge is 0.303 e. The fourth-order valence-electron chi connectivity index (χ4n) is 3.09. The summed E-state index contributed by atoms with van der Waals surface area (Å²) < 4.78 is 0. The highest BCUT2D eigenvalue weighted by atomic mass is 16.4. The number of hydrogen-bond donors (Lipinski definition) is 2. The SMILES string of the molecule is CC(C)CC1NC(=O)c2ccccc2N(CCCCCC(=O)O)C1=O. The zero-order valence-corrected chi connectivity index (χ0v) is 14.8. The van der Waals surface area contributed by atoms with Crippen LogP contribution >= 0.6 is 0 Å². The molecule has 2 rings (SSSR count). The third kappa shape index (κ3) is 5.05. The van der Waals surface area contributed by atoms with Crippen LogP contribution in [0.4, 0.5) is 5.69 Å². The average Bonchev–Trinajstić information content (AvgIpc) is 2.64. The lowest BCUT2D eigenvalue weighted by atomic mass is 10.0. The Morgan fingerprint density at radius 1 is 1.20 bits per heavy atom. The Bertz CT molecular complexity index is 642. The number of para-hydroxylation sites is 1. The summed E-state index contributed by atoms with van der Waals surface area (Å²) >= 11 is 0. The van der Waals surface area contributed by atoms with Crippen LogP contribution in [0.5, 0.6) is 0 Å². The van der Waals surface area contributed by atoms with Gasteiger partial charge in [0.15, 0.2) is 0 Å². The molecule has 1 aromatic rings. The van der Waals surface area contributed by atoms with E-state index in [2.05, 4.69) is 5.32 Å². The van der Waals surface area contributed by atoms with E-state index in [9.17, 15) is 14.4 Å². The Hall–Kier alpha value is -2.37. The van der Waals surface area contributed by atoms with Crippen molar-refractivity contribution < 1.29 is 19.5 Å². The van der Waals surface area contributed by atoms with Crippen LogP contribution in [0, 0.1) is 5.92 Å². The van der Waals surface area contributed by atoms with Gasteiger partial charge in [-0.2, -0.15) is 0 Å². The van der Waals surface area contributed by atoms with Gasteiger partial charge in [-0.25, -0.2) is 0 Å². The van der Waals surface area contributed by atoms with E-state index < -0.39 is 12.0 Å². The van der Waals surface area contributed by atoms with Crippen molar-refractivity contribution in [3.8, 4) is 0 Å². The normalized spacial score (nSPS) is 17.2. The maximum Gasteiger partial charge on any atom is 0.303 e. The molecule has 0 aliphatic carbocycles. The molecule has 6 nitrogen and oxygen atoms in total. The van der Waals surface area contributed by atoms with Crippen molar-refractivity contribution in [2.45, 2.75) is 52.0 Å². The summed E-state index contributed by atoms with van der Waals surface area (Å²) in [6.45, 7) is 4.53. The van der Waals surface area contributed by atoms with E-state index in [0.29, 0.717) is 37.1 Å². The number of rotatable bonds is 8. The standard InChI is InChI=1S/C19H26N2O4/c1-13(2)12-15-19(25)21(11-7-3-4-10-17(22)23)16-9-6-5-8-14(16)18(24)20-15/h5-6,8-9,13,15H,3-4,7,10-12H2,1-2H3,(H,20,24)(H,22,23). The molecule has 0 bridgehead atoms. The molecule has 25 heavy (non-hydrogen) atoms. The van der Waals surface area contributed by atoms with Crippen LogP contribution in [0.3, 0.4) is 0 Å². The maximum absolute atomic E-state index is 13.0. The first-order valence-corrected chi connectivity index (χ1v) is 8.83. The molecule has 0 saturated carbocycles. The van der Waals surface area contributed by atoms with Crippen molar-refractivity contribution in [3.63, 3.8) is 0 Å². The molecule has 1 aliphatic heterocycles. The summed E-state index contributed by atoms with van der Waals surface area (Å²) in [6.07, 6.45) is 2.75. The van der Waals surface area contributed by atoms with Crippen molar-refractivity contribution >= 4 is 23.5 Å². The number of nitrogens with zero attached hydrogens (tertiary/aromatic N) is 1. The zero-order chi connectivity index (χ0) is 18.4. The van der Waals surface area contributed by atoms with Crippen LogP contribution in [0.1, 0.15) is 56.3 Å². The number of carbonyl (C=O) groups is 3. The molecule has 2 amide bonds. The molecular weight excluding hydrogens is 320 g/mol. The number of benzene rings is 1. The van der Waals surface area contributed by atoms with Crippen molar-refractivity contribution in [1.82, 2.24) is 5.32 Å². The molecule has 0 saturated heterocycles.